The summed E-state index contributed by atoms with van der Waals surface area (Å²) in [5.74, 6) is -0.412. The van der Waals surface area contributed by atoms with E-state index in [9.17, 15) is 33.1 Å². The van der Waals surface area contributed by atoms with Crippen LogP contribution in [0.15, 0.2) is 60.8 Å². The van der Waals surface area contributed by atoms with Crippen LogP contribution in [-0.4, -0.2) is 97.5 Å². The molecule has 12 nitrogen and oxygen atoms in total. The third-order valence-corrected chi connectivity index (χ3v) is 11.3. The molecule has 1 aliphatic rings. The van der Waals surface area contributed by atoms with Crippen LogP contribution in [0.4, 0.5) is 0 Å². The average molecular weight is 913 g/mol. The zero-order valence-corrected chi connectivity index (χ0v) is 39.9. The Balaban J connectivity index is 2.37. The van der Waals surface area contributed by atoms with E-state index in [1.165, 1.54) is 70.6 Å². The Labute approximate surface area is 382 Å². The number of hydrogen-bond donors (Lipinski definition) is 4. The smallest absolute Gasteiger partial charge is 0.397 e. The number of esters is 1. The molecule has 0 saturated carbocycles. The molecule has 6 atom stereocenters. The SMILES string of the molecule is CC/C=C\C/C=C\C/C=C\C/C=C\CCCCCCCCCCCOCC(COC1OC(CO)C(O)C(OS(=O)(=O)O)C1O)OC(=O)CCCCCCC/C=C\CCCCCCC. The van der Waals surface area contributed by atoms with E-state index in [2.05, 4.69) is 78.8 Å². The fourth-order valence-corrected chi connectivity index (χ4v) is 7.70. The summed E-state index contributed by atoms with van der Waals surface area (Å²) < 4.78 is 59.2. The van der Waals surface area contributed by atoms with E-state index >= 15 is 0 Å². The van der Waals surface area contributed by atoms with Crippen LogP contribution in [0.3, 0.4) is 0 Å². The fraction of sp³-hybridized carbons (Fsp3) is 0.780. The Morgan fingerprint density at radius 1 is 0.619 bits per heavy atom. The molecule has 0 spiro atoms. The average Bonchev–Trinajstić information content (AvgIpc) is 3.26. The van der Waals surface area contributed by atoms with Gasteiger partial charge in [0.15, 0.2) is 6.29 Å². The number of carbonyl (C=O) groups is 1. The Bertz CT molecular complexity index is 1330. The normalized spacial score (nSPS) is 20.4. The number of aliphatic hydroxyl groups excluding tert-OH is 3. The summed E-state index contributed by atoms with van der Waals surface area (Å²) in [6, 6.07) is 0. The first-order valence-corrected chi connectivity index (χ1v) is 25.9. The highest BCUT2D eigenvalue weighted by atomic mass is 32.3. The molecule has 1 heterocycles. The van der Waals surface area contributed by atoms with Crippen LogP contribution in [0.5, 0.6) is 0 Å². The second-order valence-electron chi connectivity index (χ2n) is 16.7. The van der Waals surface area contributed by atoms with Gasteiger partial charge in [0, 0.05) is 13.0 Å². The molecular weight excluding hydrogens is 825 g/mol. The van der Waals surface area contributed by atoms with Crippen LogP contribution in [0.1, 0.15) is 187 Å². The molecule has 0 amide bonds. The first-order valence-electron chi connectivity index (χ1n) is 24.5. The summed E-state index contributed by atoms with van der Waals surface area (Å²) in [6.45, 7) is 3.84. The van der Waals surface area contributed by atoms with Crippen molar-refractivity contribution < 1.29 is 56.2 Å². The number of ether oxygens (including phenoxy) is 4. The number of rotatable bonds is 42. The maximum atomic E-state index is 12.9. The minimum absolute atomic E-state index is 0.0265. The second kappa shape index (κ2) is 41.2. The van der Waals surface area contributed by atoms with Gasteiger partial charge in [-0.15, -0.1) is 0 Å². The lowest BCUT2D eigenvalue weighted by atomic mass is 9.99. The first kappa shape index (κ1) is 58.8. The Morgan fingerprint density at radius 2 is 1.10 bits per heavy atom. The van der Waals surface area contributed by atoms with Crippen LogP contribution in [0, 0.1) is 0 Å². The van der Waals surface area contributed by atoms with Crippen molar-refractivity contribution in [3.05, 3.63) is 60.8 Å². The number of carbonyl (C=O) groups excluding carboxylic acids is 1. The highest BCUT2D eigenvalue weighted by molar-refractivity contribution is 7.80. The molecule has 366 valence electrons. The molecule has 0 bridgehead atoms. The number of hydrogen-bond acceptors (Lipinski definition) is 11. The summed E-state index contributed by atoms with van der Waals surface area (Å²) in [4.78, 5) is 12.9. The molecule has 1 fully saturated rings. The monoisotopic (exact) mass is 913 g/mol. The van der Waals surface area contributed by atoms with E-state index in [4.69, 9.17) is 18.9 Å². The van der Waals surface area contributed by atoms with Crippen molar-refractivity contribution in [3.63, 3.8) is 0 Å². The molecule has 4 N–H and O–H groups in total. The van der Waals surface area contributed by atoms with Crippen LogP contribution in [0.25, 0.3) is 0 Å². The summed E-state index contributed by atoms with van der Waals surface area (Å²) in [7, 11) is -5.07. The summed E-state index contributed by atoms with van der Waals surface area (Å²) >= 11 is 0. The molecule has 6 unspecified atom stereocenters. The van der Waals surface area contributed by atoms with Gasteiger partial charge in [-0.25, -0.2) is 4.18 Å². The van der Waals surface area contributed by atoms with Gasteiger partial charge in [-0.2, -0.15) is 8.42 Å². The van der Waals surface area contributed by atoms with Crippen LogP contribution >= 0.6 is 0 Å². The lowest BCUT2D eigenvalue weighted by molar-refractivity contribution is -0.301. The highest BCUT2D eigenvalue weighted by Gasteiger charge is 2.48. The minimum atomic E-state index is -5.07. The van der Waals surface area contributed by atoms with Crippen LogP contribution in [0.2, 0.25) is 0 Å². The van der Waals surface area contributed by atoms with Gasteiger partial charge >= 0.3 is 16.4 Å². The van der Waals surface area contributed by atoms with E-state index in [-0.39, 0.29) is 19.6 Å². The Hall–Kier alpha value is -2.20. The maximum Gasteiger partial charge on any atom is 0.397 e. The Morgan fingerprint density at radius 3 is 1.62 bits per heavy atom. The van der Waals surface area contributed by atoms with Gasteiger partial charge in [0.1, 0.15) is 30.5 Å². The lowest BCUT2D eigenvalue weighted by Gasteiger charge is -2.41. The second-order valence-corrected chi connectivity index (χ2v) is 17.7. The number of allylic oxidation sites excluding steroid dienone is 10. The van der Waals surface area contributed by atoms with Crippen LogP contribution < -0.4 is 0 Å². The van der Waals surface area contributed by atoms with Gasteiger partial charge in [0.25, 0.3) is 0 Å². The molecule has 0 aliphatic carbocycles. The van der Waals surface area contributed by atoms with Crippen LogP contribution in [-0.2, 0) is 38.3 Å². The third-order valence-electron chi connectivity index (χ3n) is 10.9. The van der Waals surface area contributed by atoms with Crippen molar-refractivity contribution >= 4 is 16.4 Å². The zero-order valence-electron chi connectivity index (χ0n) is 39.1. The maximum absolute atomic E-state index is 12.9. The predicted molar refractivity (Wildman–Crippen MR) is 253 cm³/mol. The van der Waals surface area contributed by atoms with E-state index < -0.39 is 59.8 Å². The van der Waals surface area contributed by atoms with E-state index in [1.54, 1.807) is 0 Å². The summed E-state index contributed by atoms with van der Waals surface area (Å²) in [5.41, 5.74) is 0. The van der Waals surface area contributed by atoms with Gasteiger partial charge in [-0.1, -0.05) is 164 Å². The summed E-state index contributed by atoms with van der Waals surface area (Å²) in [5, 5.41) is 30.7. The van der Waals surface area contributed by atoms with Gasteiger partial charge in [-0.05, 0) is 77.0 Å². The third kappa shape index (κ3) is 34.8. The topological polar surface area (TPSA) is 178 Å². The molecule has 63 heavy (non-hydrogen) atoms. The van der Waals surface area contributed by atoms with Crippen molar-refractivity contribution in [1.29, 1.82) is 0 Å². The molecule has 0 aromatic heterocycles. The molecule has 0 aromatic rings. The largest absolute Gasteiger partial charge is 0.457 e. The molecule has 1 aliphatic heterocycles. The van der Waals surface area contributed by atoms with Crippen molar-refractivity contribution in [2.45, 2.75) is 224 Å². The molecule has 0 radical (unpaired) electrons. The first-order chi connectivity index (χ1) is 30.6. The van der Waals surface area contributed by atoms with Gasteiger partial charge in [-0.3, -0.25) is 9.35 Å². The standard InChI is InChI=1S/C50H88O12S/c1-3-5-7-9-11-13-15-17-19-20-21-22-23-24-25-26-28-30-32-34-36-38-40-58-42-44(43-59-50-48(54)49(62-63(55,56)57)47(53)45(41-51)61-50)60-46(52)39-37-35-33-31-29-27-18-16-14-12-10-8-6-4-2/h5,7,11,13,16-19,21-22,44-45,47-51,53-54H,3-4,6,8-10,12,14-15,20,23-43H2,1-2H3,(H,55,56,57)/b7-5-,13-11-,18-16-,19-17-,22-21-. The lowest BCUT2D eigenvalue weighted by Crippen LogP contribution is -2.60. The number of unbranched alkanes of at least 4 members (excludes halogenated alkanes) is 19. The molecule has 1 saturated heterocycles. The molecule has 0 aromatic carbocycles. The molecule has 13 heteroatoms. The van der Waals surface area contributed by atoms with Gasteiger partial charge < -0.3 is 34.3 Å². The minimum Gasteiger partial charge on any atom is -0.457 e. The highest BCUT2D eigenvalue weighted by Crippen LogP contribution is 2.26. The zero-order chi connectivity index (χ0) is 46.1. The van der Waals surface area contributed by atoms with Crippen molar-refractivity contribution in [2.24, 2.45) is 0 Å². The predicted octanol–water partition coefficient (Wildman–Crippen LogP) is 10.9. The molecule has 1 rings (SSSR count). The van der Waals surface area contributed by atoms with E-state index in [0.29, 0.717) is 13.0 Å². The molecular formula is C50H88O12S. The van der Waals surface area contributed by atoms with Crippen molar-refractivity contribution in [3.8, 4) is 0 Å². The van der Waals surface area contributed by atoms with Gasteiger partial charge in [0.05, 0.1) is 19.8 Å². The van der Waals surface area contributed by atoms with E-state index in [1.807, 2.05) is 0 Å². The quantitative estimate of drug-likeness (QED) is 0.0197. The van der Waals surface area contributed by atoms with Crippen molar-refractivity contribution in [2.75, 3.05) is 26.4 Å². The summed E-state index contributed by atoms with van der Waals surface area (Å²) in [6.07, 6.45) is 42.5. The van der Waals surface area contributed by atoms with Gasteiger partial charge in [0.2, 0.25) is 0 Å². The van der Waals surface area contributed by atoms with Crippen molar-refractivity contribution in [1.82, 2.24) is 0 Å². The fourth-order valence-electron chi connectivity index (χ4n) is 7.19. The van der Waals surface area contributed by atoms with E-state index in [0.717, 1.165) is 89.9 Å². The Kier molecular flexibility index (Phi) is 38.5. The number of aliphatic hydroxyl groups is 3.